The van der Waals surface area contributed by atoms with Gasteiger partial charge < -0.3 is 9.64 Å². The van der Waals surface area contributed by atoms with Crippen LogP contribution in [0, 0.1) is 18.3 Å². The van der Waals surface area contributed by atoms with Crippen LogP contribution in [0.4, 0.5) is 5.82 Å². The van der Waals surface area contributed by atoms with Crippen molar-refractivity contribution in [2.24, 2.45) is 7.05 Å². The Morgan fingerprint density at radius 1 is 1.19 bits per heavy atom. The fourth-order valence-electron chi connectivity index (χ4n) is 5.03. The van der Waals surface area contributed by atoms with Crippen LogP contribution in [0.2, 0.25) is 0 Å². The minimum atomic E-state index is -0.331. The number of aromatic nitrogens is 1. The van der Waals surface area contributed by atoms with E-state index in [0.717, 1.165) is 31.2 Å². The maximum absolute atomic E-state index is 13.3. The molecule has 2 saturated heterocycles. The summed E-state index contributed by atoms with van der Waals surface area (Å²) in [6.07, 6.45) is 6.01. The van der Waals surface area contributed by atoms with Gasteiger partial charge in [-0.15, -0.1) is 0 Å². The van der Waals surface area contributed by atoms with E-state index in [9.17, 15) is 14.9 Å². The number of morpholine rings is 1. The summed E-state index contributed by atoms with van der Waals surface area (Å²) in [7, 11) is 1.68. The second kappa shape index (κ2) is 9.00. The summed E-state index contributed by atoms with van der Waals surface area (Å²) in [6.45, 7) is 7.02. The topological polar surface area (TPSA) is 78.6 Å². The second-order valence-electron chi connectivity index (χ2n) is 8.87. The number of thiocarbonyl (C=S) groups is 1. The smallest absolute Gasteiger partial charge is 0.270 e. The van der Waals surface area contributed by atoms with Crippen molar-refractivity contribution in [2.45, 2.75) is 64.7 Å². The third kappa shape index (κ3) is 4.00. The van der Waals surface area contributed by atoms with E-state index in [1.54, 1.807) is 18.9 Å². The average Bonchev–Trinajstić information content (AvgIpc) is 3.34. The zero-order valence-electron chi connectivity index (χ0n) is 18.9. The maximum atomic E-state index is 13.3. The molecule has 0 N–H and O–H groups in total. The van der Waals surface area contributed by atoms with Crippen molar-refractivity contribution in [1.29, 1.82) is 5.26 Å². The van der Waals surface area contributed by atoms with Crippen LogP contribution in [0.25, 0.3) is 6.08 Å². The van der Waals surface area contributed by atoms with Gasteiger partial charge in [0.25, 0.3) is 11.5 Å². The number of anilines is 1. The molecule has 0 aromatic carbocycles. The van der Waals surface area contributed by atoms with Crippen molar-refractivity contribution in [3.63, 3.8) is 0 Å². The van der Waals surface area contributed by atoms with Gasteiger partial charge in [-0.05, 0) is 45.3 Å². The van der Waals surface area contributed by atoms with Crippen molar-refractivity contribution in [3.05, 3.63) is 31.9 Å². The van der Waals surface area contributed by atoms with Crippen LogP contribution in [0.15, 0.2) is 9.70 Å². The number of amides is 1. The number of thioether (sulfide) groups is 1. The summed E-state index contributed by atoms with van der Waals surface area (Å²) in [5.74, 6) is 0.632. The highest BCUT2D eigenvalue weighted by Gasteiger charge is 2.38. The lowest BCUT2D eigenvalue weighted by atomic mass is 10.0. The van der Waals surface area contributed by atoms with Gasteiger partial charge in [-0.3, -0.25) is 19.1 Å². The maximum Gasteiger partial charge on any atom is 0.270 e. The summed E-state index contributed by atoms with van der Waals surface area (Å²) < 4.78 is 8.00. The van der Waals surface area contributed by atoms with Crippen LogP contribution in [-0.4, -0.2) is 51.0 Å². The first-order chi connectivity index (χ1) is 15.2. The van der Waals surface area contributed by atoms with E-state index in [0.29, 0.717) is 33.7 Å². The monoisotopic (exact) mass is 472 g/mol. The third-order valence-electron chi connectivity index (χ3n) is 6.48. The predicted octanol–water partition coefficient (Wildman–Crippen LogP) is 3.32. The lowest BCUT2D eigenvalue weighted by Gasteiger charge is -2.38. The molecule has 7 nitrogen and oxygen atoms in total. The van der Waals surface area contributed by atoms with Crippen LogP contribution in [0.5, 0.6) is 0 Å². The van der Waals surface area contributed by atoms with Gasteiger partial charge in [0.1, 0.15) is 21.8 Å². The minimum Gasteiger partial charge on any atom is -0.372 e. The van der Waals surface area contributed by atoms with E-state index in [-0.39, 0.29) is 35.3 Å². The molecule has 3 aliphatic rings. The zero-order chi connectivity index (χ0) is 23.2. The molecule has 32 heavy (non-hydrogen) atoms. The molecule has 2 unspecified atom stereocenters. The van der Waals surface area contributed by atoms with Crippen LogP contribution < -0.4 is 10.5 Å². The molecule has 2 aliphatic heterocycles. The van der Waals surface area contributed by atoms with Gasteiger partial charge in [0, 0.05) is 31.7 Å². The standard InChI is InChI=1S/C23H28N4O3S2/c1-13-11-26(12-14(2)30-13)20-17(15(3)18(10-24)21(28)25(20)4)9-19-22(29)27(23(31)32-19)16-7-5-6-8-16/h9,13-14,16H,5-8,11-12H2,1-4H3/b19-9-. The van der Waals surface area contributed by atoms with Gasteiger partial charge in [0.05, 0.1) is 17.1 Å². The number of hydrogen-bond acceptors (Lipinski definition) is 7. The summed E-state index contributed by atoms with van der Waals surface area (Å²) in [6, 6.07) is 2.23. The fraction of sp³-hybridized carbons (Fsp3) is 0.565. The second-order valence-corrected chi connectivity index (χ2v) is 10.5. The first-order valence-electron chi connectivity index (χ1n) is 11.0. The molecule has 1 amide bonds. The summed E-state index contributed by atoms with van der Waals surface area (Å²) >= 11 is 6.86. The molecule has 3 heterocycles. The predicted molar refractivity (Wildman–Crippen MR) is 131 cm³/mol. The van der Waals surface area contributed by atoms with Gasteiger partial charge in [-0.1, -0.05) is 36.8 Å². The lowest BCUT2D eigenvalue weighted by molar-refractivity contribution is -0.123. The van der Waals surface area contributed by atoms with Crippen molar-refractivity contribution in [1.82, 2.24) is 9.47 Å². The summed E-state index contributed by atoms with van der Waals surface area (Å²) in [4.78, 5) is 30.7. The Labute approximate surface area is 198 Å². The average molecular weight is 473 g/mol. The van der Waals surface area contributed by atoms with Crippen LogP contribution in [0.1, 0.15) is 56.2 Å². The molecular formula is C23H28N4O3S2. The quantitative estimate of drug-likeness (QED) is 0.493. The van der Waals surface area contributed by atoms with Crippen molar-refractivity contribution >= 4 is 46.1 Å². The number of rotatable bonds is 3. The highest BCUT2D eigenvalue weighted by Crippen LogP contribution is 2.39. The van der Waals surface area contributed by atoms with Crippen LogP contribution >= 0.6 is 24.0 Å². The molecule has 1 aromatic heterocycles. The number of carbonyl (C=O) groups is 1. The van der Waals surface area contributed by atoms with Crippen molar-refractivity contribution in [2.75, 3.05) is 18.0 Å². The van der Waals surface area contributed by atoms with Crippen LogP contribution in [0.3, 0.4) is 0 Å². The molecular weight excluding hydrogens is 444 g/mol. The number of ether oxygens (including phenoxy) is 1. The van der Waals surface area contributed by atoms with Crippen molar-refractivity contribution < 1.29 is 9.53 Å². The Morgan fingerprint density at radius 2 is 1.81 bits per heavy atom. The van der Waals surface area contributed by atoms with Gasteiger partial charge in [-0.25, -0.2) is 0 Å². The molecule has 2 atom stereocenters. The molecule has 0 spiro atoms. The lowest BCUT2D eigenvalue weighted by Crippen LogP contribution is -2.47. The van der Waals surface area contributed by atoms with E-state index in [2.05, 4.69) is 11.0 Å². The largest absolute Gasteiger partial charge is 0.372 e. The third-order valence-corrected chi connectivity index (χ3v) is 7.81. The van der Waals surface area contributed by atoms with E-state index >= 15 is 0 Å². The molecule has 0 radical (unpaired) electrons. The molecule has 0 bridgehead atoms. The van der Waals surface area contributed by atoms with E-state index in [1.165, 1.54) is 16.3 Å². The first kappa shape index (κ1) is 23.0. The number of hydrogen-bond donors (Lipinski definition) is 0. The van der Waals surface area contributed by atoms with E-state index in [1.807, 2.05) is 19.9 Å². The highest BCUT2D eigenvalue weighted by molar-refractivity contribution is 8.26. The Hall–Kier alpha value is -2.15. The minimum absolute atomic E-state index is 0.00164. The Balaban J connectivity index is 1.84. The highest BCUT2D eigenvalue weighted by atomic mass is 32.2. The number of carbonyl (C=O) groups excluding carboxylic acids is 1. The van der Waals surface area contributed by atoms with Gasteiger partial charge in [-0.2, -0.15) is 5.26 Å². The normalized spacial score (nSPS) is 25.8. The number of nitrogens with zero attached hydrogens (tertiary/aromatic N) is 4. The van der Waals surface area contributed by atoms with Gasteiger partial charge >= 0.3 is 0 Å². The molecule has 1 saturated carbocycles. The van der Waals surface area contributed by atoms with Crippen molar-refractivity contribution in [3.8, 4) is 6.07 Å². The summed E-state index contributed by atoms with van der Waals surface area (Å²) in [5.41, 5.74) is 1.07. The van der Waals surface area contributed by atoms with Gasteiger partial charge in [0.15, 0.2) is 0 Å². The van der Waals surface area contributed by atoms with Gasteiger partial charge in [0.2, 0.25) is 0 Å². The van der Waals surface area contributed by atoms with E-state index in [4.69, 9.17) is 17.0 Å². The molecule has 4 rings (SSSR count). The summed E-state index contributed by atoms with van der Waals surface area (Å²) in [5, 5.41) is 9.66. The molecule has 3 fully saturated rings. The SMILES string of the molecule is Cc1c(/C=C2\SC(=S)N(C3CCCC3)C2=O)c(N2CC(C)OC(C)C2)n(C)c(=O)c1C#N. The molecule has 170 valence electrons. The number of nitriles is 1. The molecule has 9 heteroatoms. The Morgan fingerprint density at radius 3 is 2.41 bits per heavy atom. The Bertz CT molecular complexity index is 1090. The first-order valence-corrected chi connectivity index (χ1v) is 12.3. The zero-order valence-corrected chi connectivity index (χ0v) is 20.5. The molecule has 1 aliphatic carbocycles. The fourth-order valence-corrected chi connectivity index (χ4v) is 6.42. The Kier molecular flexibility index (Phi) is 6.48. The molecule has 1 aromatic rings. The number of pyridine rings is 1. The van der Waals surface area contributed by atoms with E-state index < -0.39 is 0 Å². The van der Waals surface area contributed by atoms with Crippen LogP contribution in [-0.2, 0) is 16.6 Å².